The van der Waals surface area contributed by atoms with Crippen molar-refractivity contribution in [1.29, 1.82) is 0 Å². The zero-order valence-corrected chi connectivity index (χ0v) is 19.1. The molecule has 0 saturated carbocycles. The highest BCUT2D eigenvalue weighted by Crippen LogP contribution is 2.38. The summed E-state index contributed by atoms with van der Waals surface area (Å²) in [5.74, 6) is 0.911. The van der Waals surface area contributed by atoms with Crippen molar-refractivity contribution in [2.24, 2.45) is 5.10 Å². The number of hydrogen-bond donors (Lipinski definition) is 0. The lowest BCUT2D eigenvalue weighted by atomic mass is 10.1. The van der Waals surface area contributed by atoms with E-state index in [1.54, 1.807) is 5.01 Å². The molecular formula is C28H26N4O2. The number of amides is 2. The van der Waals surface area contributed by atoms with Crippen molar-refractivity contribution in [2.45, 2.75) is 26.2 Å². The minimum Gasteiger partial charge on any atom is -0.278 e. The molecule has 2 aliphatic heterocycles. The molecule has 0 aliphatic carbocycles. The van der Waals surface area contributed by atoms with Gasteiger partial charge in [0.1, 0.15) is 5.82 Å². The van der Waals surface area contributed by atoms with Crippen LogP contribution in [0.2, 0.25) is 0 Å². The molecule has 0 unspecified atom stereocenters. The van der Waals surface area contributed by atoms with Crippen LogP contribution in [0.1, 0.15) is 31.7 Å². The molecule has 170 valence electrons. The van der Waals surface area contributed by atoms with E-state index in [0.29, 0.717) is 23.8 Å². The SMILES string of the molecule is CCCCN1C(=O)C/C(=C2\N(c3ccccc3)N=C(c3ccccc3)N2c2ccccc2)C1=O. The van der Waals surface area contributed by atoms with Gasteiger partial charge in [0.15, 0.2) is 5.84 Å². The zero-order chi connectivity index (χ0) is 23.5. The molecule has 5 rings (SSSR count). The van der Waals surface area contributed by atoms with Crippen LogP contribution in [0.3, 0.4) is 0 Å². The Hall–Kier alpha value is -4.19. The molecule has 0 aromatic heterocycles. The lowest BCUT2D eigenvalue weighted by molar-refractivity contribution is -0.137. The van der Waals surface area contributed by atoms with E-state index in [1.165, 1.54) is 4.90 Å². The largest absolute Gasteiger partial charge is 0.278 e. The Labute approximate surface area is 199 Å². The van der Waals surface area contributed by atoms with Gasteiger partial charge in [0, 0.05) is 17.8 Å². The van der Waals surface area contributed by atoms with Gasteiger partial charge in [0.2, 0.25) is 5.91 Å². The highest BCUT2D eigenvalue weighted by atomic mass is 16.2. The molecule has 3 aromatic rings. The first-order valence-electron chi connectivity index (χ1n) is 11.6. The number of likely N-dealkylation sites (tertiary alicyclic amines) is 1. The average Bonchev–Trinajstić information content (AvgIpc) is 3.41. The summed E-state index contributed by atoms with van der Waals surface area (Å²) in [5, 5.41) is 6.79. The third-order valence-corrected chi connectivity index (χ3v) is 6.00. The number of para-hydroxylation sites is 2. The van der Waals surface area contributed by atoms with Gasteiger partial charge in [-0.15, -0.1) is 5.10 Å². The topological polar surface area (TPSA) is 56.2 Å². The summed E-state index contributed by atoms with van der Waals surface area (Å²) in [4.78, 5) is 29.8. The predicted molar refractivity (Wildman–Crippen MR) is 134 cm³/mol. The van der Waals surface area contributed by atoms with Gasteiger partial charge in [-0.25, -0.2) is 5.01 Å². The fourth-order valence-electron chi connectivity index (χ4n) is 4.31. The van der Waals surface area contributed by atoms with Crippen LogP contribution < -0.4 is 9.91 Å². The summed E-state index contributed by atoms with van der Waals surface area (Å²) < 4.78 is 0. The maximum absolute atomic E-state index is 13.5. The van der Waals surface area contributed by atoms with Gasteiger partial charge in [0.05, 0.1) is 17.7 Å². The van der Waals surface area contributed by atoms with E-state index in [-0.39, 0.29) is 18.2 Å². The number of hydrogen-bond acceptors (Lipinski definition) is 5. The molecule has 0 bridgehead atoms. The van der Waals surface area contributed by atoms with Gasteiger partial charge in [-0.2, -0.15) is 0 Å². The van der Waals surface area contributed by atoms with Crippen LogP contribution in [0.25, 0.3) is 0 Å². The quantitative estimate of drug-likeness (QED) is 0.385. The third kappa shape index (κ3) is 3.88. The van der Waals surface area contributed by atoms with Crippen molar-refractivity contribution < 1.29 is 9.59 Å². The predicted octanol–water partition coefficient (Wildman–Crippen LogP) is 5.15. The zero-order valence-electron chi connectivity index (χ0n) is 19.1. The van der Waals surface area contributed by atoms with Crippen LogP contribution in [0, 0.1) is 0 Å². The Bertz CT molecular complexity index is 1250. The minimum atomic E-state index is -0.236. The van der Waals surface area contributed by atoms with Gasteiger partial charge >= 0.3 is 0 Å². The van der Waals surface area contributed by atoms with E-state index in [0.717, 1.165) is 29.8 Å². The normalized spacial score (nSPS) is 18.1. The highest BCUT2D eigenvalue weighted by molar-refractivity contribution is 6.19. The van der Waals surface area contributed by atoms with E-state index in [1.807, 2.05) is 95.9 Å². The summed E-state index contributed by atoms with van der Waals surface area (Å²) in [5.41, 5.74) is 3.08. The van der Waals surface area contributed by atoms with Gasteiger partial charge in [0.25, 0.3) is 5.91 Å². The summed E-state index contributed by atoms with van der Waals surface area (Å²) in [6, 6.07) is 29.5. The van der Waals surface area contributed by atoms with Crippen LogP contribution in [0.5, 0.6) is 0 Å². The average molecular weight is 451 g/mol. The molecule has 2 aliphatic rings. The van der Waals surface area contributed by atoms with Gasteiger partial charge in [-0.1, -0.05) is 80.1 Å². The summed E-state index contributed by atoms with van der Waals surface area (Å²) >= 11 is 0. The second kappa shape index (κ2) is 9.35. The van der Waals surface area contributed by atoms with Gasteiger partial charge in [-0.05, 0) is 30.7 Å². The van der Waals surface area contributed by atoms with E-state index in [9.17, 15) is 9.59 Å². The third-order valence-electron chi connectivity index (χ3n) is 6.00. The van der Waals surface area contributed by atoms with Crippen molar-refractivity contribution in [3.63, 3.8) is 0 Å². The van der Waals surface area contributed by atoms with Crippen LogP contribution in [0.15, 0.2) is 107 Å². The number of unbranched alkanes of at least 4 members (excludes halogenated alkanes) is 1. The molecule has 0 atom stereocenters. The first-order valence-corrected chi connectivity index (χ1v) is 11.6. The van der Waals surface area contributed by atoms with E-state index >= 15 is 0 Å². The fourth-order valence-corrected chi connectivity index (χ4v) is 4.31. The first-order chi connectivity index (χ1) is 16.7. The lowest BCUT2D eigenvalue weighted by Gasteiger charge is -2.26. The Balaban J connectivity index is 1.72. The molecule has 0 radical (unpaired) electrons. The second-order valence-corrected chi connectivity index (χ2v) is 8.29. The number of rotatable bonds is 6. The van der Waals surface area contributed by atoms with Crippen molar-refractivity contribution in [3.05, 3.63) is 108 Å². The molecule has 2 heterocycles. The molecule has 1 saturated heterocycles. The number of nitrogens with zero attached hydrogens (tertiary/aromatic N) is 4. The fraction of sp³-hybridized carbons (Fsp3) is 0.179. The molecule has 6 nitrogen and oxygen atoms in total. The monoisotopic (exact) mass is 450 g/mol. The lowest BCUT2D eigenvalue weighted by Crippen LogP contribution is -2.34. The van der Waals surface area contributed by atoms with Crippen LogP contribution in [-0.2, 0) is 9.59 Å². The molecule has 0 spiro atoms. The Morgan fingerprint density at radius 3 is 2.00 bits per heavy atom. The number of amidine groups is 1. The Morgan fingerprint density at radius 1 is 0.794 bits per heavy atom. The summed E-state index contributed by atoms with van der Waals surface area (Å²) in [6.07, 6.45) is 1.76. The molecule has 2 amide bonds. The van der Waals surface area contributed by atoms with Gasteiger partial charge in [-0.3, -0.25) is 19.4 Å². The second-order valence-electron chi connectivity index (χ2n) is 8.29. The van der Waals surface area contributed by atoms with Gasteiger partial charge < -0.3 is 0 Å². The number of carbonyl (C=O) groups is 2. The smallest absolute Gasteiger partial charge is 0.260 e. The van der Waals surface area contributed by atoms with Crippen LogP contribution in [-0.4, -0.2) is 29.1 Å². The van der Waals surface area contributed by atoms with Crippen molar-refractivity contribution in [2.75, 3.05) is 16.5 Å². The van der Waals surface area contributed by atoms with Crippen LogP contribution in [0.4, 0.5) is 11.4 Å². The number of benzene rings is 3. The van der Waals surface area contributed by atoms with E-state index in [4.69, 9.17) is 5.10 Å². The standard InChI is InChI=1S/C28H26N4O2/c1-2-3-19-30-25(33)20-24(28(30)34)27-31(22-15-9-5-10-16-22)26(21-13-7-4-8-14-21)29-32(27)23-17-11-6-12-18-23/h4-18H,2-3,19-20H2,1H3/b27-24+. The maximum Gasteiger partial charge on any atom is 0.260 e. The molecule has 1 fully saturated rings. The number of hydrazone groups is 1. The van der Waals surface area contributed by atoms with E-state index in [2.05, 4.69) is 6.92 Å². The number of anilines is 2. The highest BCUT2D eigenvalue weighted by Gasteiger charge is 2.42. The molecule has 6 heteroatoms. The molecule has 34 heavy (non-hydrogen) atoms. The maximum atomic E-state index is 13.5. The molecule has 3 aromatic carbocycles. The van der Waals surface area contributed by atoms with E-state index < -0.39 is 0 Å². The Kier molecular flexibility index (Phi) is 5.95. The van der Waals surface area contributed by atoms with Crippen molar-refractivity contribution in [1.82, 2.24) is 4.90 Å². The summed E-state index contributed by atoms with van der Waals surface area (Å²) in [7, 11) is 0. The molecule has 0 N–H and O–H groups in total. The van der Waals surface area contributed by atoms with Crippen LogP contribution >= 0.6 is 0 Å². The molecular weight excluding hydrogens is 424 g/mol. The first kappa shape index (κ1) is 21.6. The Morgan fingerprint density at radius 2 is 1.38 bits per heavy atom. The number of imide groups is 1. The minimum absolute atomic E-state index is 0.0577. The van der Waals surface area contributed by atoms with Crippen molar-refractivity contribution in [3.8, 4) is 0 Å². The van der Waals surface area contributed by atoms with Crippen molar-refractivity contribution >= 4 is 29.0 Å². The summed E-state index contributed by atoms with van der Waals surface area (Å²) in [6.45, 7) is 2.49. The number of carbonyl (C=O) groups excluding carboxylic acids is 2.